The minimum absolute atomic E-state index is 0.786. The Labute approximate surface area is 82.8 Å². The molecular weight excluding hydrogens is 180 g/mol. The molecule has 0 fully saturated rings. The third-order valence-corrected chi connectivity index (χ3v) is 4.67. The number of hydrogen-bond acceptors (Lipinski definition) is 2. The number of rotatable bonds is 5. The zero-order valence-electron chi connectivity index (χ0n) is 8.71. The zero-order chi connectivity index (χ0) is 9.52. The Morgan fingerprint density at radius 1 is 1.23 bits per heavy atom. The first-order valence-corrected chi connectivity index (χ1v) is 6.82. The summed E-state index contributed by atoms with van der Waals surface area (Å²) in [7, 11) is -1.45. The van der Waals surface area contributed by atoms with Crippen molar-refractivity contribution in [2.45, 2.75) is 39.5 Å². The monoisotopic (exact) mass is 200 g/mol. The van der Waals surface area contributed by atoms with Gasteiger partial charge >= 0.3 is 9.28 Å². The molecule has 0 aliphatic heterocycles. The summed E-state index contributed by atoms with van der Waals surface area (Å²) in [6, 6.07) is 0. The van der Waals surface area contributed by atoms with Crippen molar-refractivity contribution in [1.29, 1.82) is 0 Å². The van der Waals surface area contributed by atoms with E-state index in [-0.39, 0.29) is 0 Å². The van der Waals surface area contributed by atoms with Gasteiger partial charge in [0.1, 0.15) is 0 Å². The van der Waals surface area contributed by atoms with Gasteiger partial charge in [-0.15, -0.1) is 0 Å². The van der Waals surface area contributed by atoms with Crippen molar-refractivity contribution < 1.29 is 8.85 Å². The van der Waals surface area contributed by atoms with E-state index in [0.29, 0.717) is 0 Å². The Kier molecular flexibility index (Phi) is 5.35. The van der Waals surface area contributed by atoms with Crippen molar-refractivity contribution in [2.24, 2.45) is 0 Å². The number of allylic oxidation sites excluding steroid dienone is 2. The van der Waals surface area contributed by atoms with Gasteiger partial charge in [-0.3, -0.25) is 0 Å². The van der Waals surface area contributed by atoms with Crippen molar-refractivity contribution >= 4 is 9.28 Å². The molecule has 1 aliphatic rings. The van der Waals surface area contributed by atoms with Crippen molar-refractivity contribution in [2.75, 3.05) is 13.2 Å². The Balaban J connectivity index is 2.46. The van der Waals surface area contributed by atoms with Gasteiger partial charge in [0.15, 0.2) is 0 Å². The largest absolute Gasteiger partial charge is 0.394 e. The molecule has 76 valence electrons. The summed E-state index contributed by atoms with van der Waals surface area (Å²) in [4.78, 5) is 0. The SMILES string of the molecule is CCO[SiH](OCC)C1=CCCCC1. The molecule has 1 aliphatic carbocycles. The normalized spacial score (nSPS) is 17.6. The Morgan fingerprint density at radius 3 is 2.38 bits per heavy atom. The Bertz CT molecular complexity index is 162. The van der Waals surface area contributed by atoms with Crippen LogP contribution in [-0.4, -0.2) is 22.5 Å². The van der Waals surface area contributed by atoms with E-state index in [1.807, 2.05) is 13.8 Å². The standard InChI is InChI=1S/C10H20O2Si/c1-3-11-13(12-4-2)10-8-6-5-7-9-10/h8,13H,3-7,9H2,1-2H3. The van der Waals surface area contributed by atoms with E-state index in [9.17, 15) is 0 Å². The summed E-state index contributed by atoms with van der Waals surface area (Å²) < 4.78 is 11.3. The molecule has 0 N–H and O–H groups in total. The summed E-state index contributed by atoms with van der Waals surface area (Å²) in [6.45, 7) is 5.66. The maximum Gasteiger partial charge on any atom is 0.351 e. The molecule has 1 rings (SSSR count). The van der Waals surface area contributed by atoms with Crippen molar-refractivity contribution in [3.05, 3.63) is 11.3 Å². The quantitative estimate of drug-likeness (QED) is 0.634. The van der Waals surface area contributed by atoms with Crippen LogP contribution in [0.2, 0.25) is 0 Å². The second-order valence-electron chi connectivity index (χ2n) is 3.27. The molecule has 0 spiro atoms. The fourth-order valence-corrected chi connectivity index (χ4v) is 3.57. The topological polar surface area (TPSA) is 18.5 Å². The first-order chi connectivity index (χ1) is 6.38. The van der Waals surface area contributed by atoms with E-state index in [4.69, 9.17) is 8.85 Å². The first-order valence-electron chi connectivity index (χ1n) is 5.30. The molecule has 0 saturated heterocycles. The van der Waals surface area contributed by atoms with Crippen LogP contribution in [-0.2, 0) is 8.85 Å². The van der Waals surface area contributed by atoms with Crippen LogP contribution in [0.4, 0.5) is 0 Å². The molecule has 0 amide bonds. The van der Waals surface area contributed by atoms with Crippen LogP contribution < -0.4 is 0 Å². The summed E-state index contributed by atoms with van der Waals surface area (Å²) in [5.74, 6) is 0. The molecule has 0 aromatic rings. The highest BCUT2D eigenvalue weighted by Crippen LogP contribution is 2.20. The Morgan fingerprint density at radius 2 is 1.92 bits per heavy atom. The Hall–Kier alpha value is -0.123. The van der Waals surface area contributed by atoms with E-state index in [1.165, 1.54) is 30.9 Å². The molecule has 0 bridgehead atoms. The third kappa shape index (κ3) is 3.63. The highest BCUT2D eigenvalue weighted by molar-refractivity contribution is 6.53. The summed E-state index contributed by atoms with van der Waals surface area (Å²) in [5.41, 5.74) is 0. The number of hydrogen-bond donors (Lipinski definition) is 0. The molecule has 0 unspecified atom stereocenters. The summed E-state index contributed by atoms with van der Waals surface area (Å²) in [6.07, 6.45) is 7.42. The lowest BCUT2D eigenvalue weighted by molar-refractivity contribution is 0.219. The third-order valence-electron chi connectivity index (χ3n) is 2.26. The molecule has 0 atom stereocenters. The lowest BCUT2D eigenvalue weighted by Gasteiger charge is -2.20. The first kappa shape index (κ1) is 11.0. The second kappa shape index (κ2) is 6.35. The average Bonchev–Trinajstić information content (AvgIpc) is 2.19. The molecule has 3 heteroatoms. The predicted molar refractivity (Wildman–Crippen MR) is 57.0 cm³/mol. The van der Waals surface area contributed by atoms with Crippen molar-refractivity contribution in [3.63, 3.8) is 0 Å². The average molecular weight is 200 g/mol. The molecule has 0 saturated carbocycles. The highest BCUT2D eigenvalue weighted by Gasteiger charge is 2.19. The van der Waals surface area contributed by atoms with E-state index >= 15 is 0 Å². The van der Waals surface area contributed by atoms with E-state index in [2.05, 4.69) is 6.08 Å². The molecule has 0 heterocycles. The minimum atomic E-state index is -1.45. The lowest BCUT2D eigenvalue weighted by Crippen LogP contribution is -2.27. The van der Waals surface area contributed by atoms with Gasteiger partial charge in [-0.1, -0.05) is 6.08 Å². The summed E-state index contributed by atoms with van der Waals surface area (Å²) in [5, 5.41) is 1.48. The van der Waals surface area contributed by atoms with Crippen LogP contribution >= 0.6 is 0 Å². The molecular formula is C10H20O2Si. The van der Waals surface area contributed by atoms with E-state index in [0.717, 1.165) is 13.2 Å². The maximum atomic E-state index is 5.67. The zero-order valence-corrected chi connectivity index (χ0v) is 9.87. The van der Waals surface area contributed by atoms with Crippen LogP contribution in [0.5, 0.6) is 0 Å². The van der Waals surface area contributed by atoms with Crippen LogP contribution in [0.3, 0.4) is 0 Å². The van der Waals surface area contributed by atoms with Crippen LogP contribution in [0.15, 0.2) is 11.3 Å². The second-order valence-corrected chi connectivity index (χ2v) is 5.34. The van der Waals surface area contributed by atoms with Gasteiger partial charge in [0.2, 0.25) is 0 Å². The van der Waals surface area contributed by atoms with Crippen LogP contribution in [0.25, 0.3) is 0 Å². The van der Waals surface area contributed by atoms with Gasteiger partial charge in [0.05, 0.1) is 0 Å². The van der Waals surface area contributed by atoms with E-state index in [1.54, 1.807) is 0 Å². The summed E-state index contributed by atoms with van der Waals surface area (Å²) >= 11 is 0. The molecule has 0 radical (unpaired) electrons. The molecule has 2 nitrogen and oxygen atoms in total. The van der Waals surface area contributed by atoms with E-state index < -0.39 is 9.28 Å². The lowest BCUT2D eigenvalue weighted by atomic mass is 10.1. The predicted octanol–water partition coefficient (Wildman–Crippen LogP) is 2.32. The molecule has 0 aromatic carbocycles. The fraction of sp³-hybridized carbons (Fsp3) is 0.800. The maximum absolute atomic E-state index is 5.67. The van der Waals surface area contributed by atoms with Gasteiger partial charge in [-0.05, 0) is 44.7 Å². The fourth-order valence-electron chi connectivity index (χ4n) is 1.64. The van der Waals surface area contributed by atoms with Gasteiger partial charge < -0.3 is 8.85 Å². The smallest absolute Gasteiger partial charge is 0.351 e. The minimum Gasteiger partial charge on any atom is -0.394 e. The van der Waals surface area contributed by atoms with Gasteiger partial charge in [0.25, 0.3) is 0 Å². The van der Waals surface area contributed by atoms with Crippen molar-refractivity contribution in [3.8, 4) is 0 Å². The van der Waals surface area contributed by atoms with Gasteiger partial charge in [-0.2, -0.15) is 0 Å². The highest BCUT2D eigenvalue weighted by atomic mass is 28.3. The molecule has 13 heavy (non-hydrogen) atoms. The van der Waals surface area contributed by atoms with Gasteiger partial charge in [-0.25, -0.2) is 0 Å². The van der Waals surface area contributed by atoms with Crippen LogP contribution in [0.1, 0.15) is 39.5 Å². The van der Waals surface area contributed by atoms with Crippen molar-refractivity contribution in [1.82, 2.24) is 0 Å². The van der Waals surface area contributed by atoms with Crippen LogP contribution in [0, 0.1) is 0 Å². The molecule has 0 aromatic heterocycles. The van der Waals surface area contributed by atoms with Gasteiger partial charge in [0, 0.05) is 13.2 Å².